The van der Waals surface area contributed by atoms with E-state index in [2.05, 4.69) is 15.1 Å². The molecular formula is C14H19N3O3. The SMILES string of the molecule is COc1cc(CN(C)Cc2nnc(C)o2)cc(OC)c1. The molecule has 2 aromatic rings. The minimum Gasteiger partial charge on any atom is -0.497 e. The predicted molar refractivity (Wildman–Crippen MR) is 73.8 cm³/mol. The molecule has 108 valence electrons. The van der Waals surface area contributed by atoms with E-state index in [1.165, 1.54) is 0 Å². The Morgan fingerprint density at radius 2 is 1.70 bits per heavy atom. The minimum atomic E-state index is 0.580. The molecule has 0 N–H and O–H groups in total. The van der Waals surface area contributed by atoms with E-state index in [1.807, 2.05) is 25.2 Å². The van der Waals surface area contributed by atoms with Gasteiger partial charge < -0.3 is 13.9 Å². The first-order chi connectivity index (χ1) is 9.60. The van der Waals surface area contributed by atoms with Crippen LogP contribution in [0.15, 0.2) is 22.6 Å². The van der Waals surface area contributed by atoms with Gasteiger partial charge in [0, 0.05) is 19.5 Å². The van der Waals surface area contributed by atoms with Crippen LogP contribution in [-0.4, -0.2) is 36.4 Å². The maximum absolute atomic E-state index is 5.37. The van der Waals surface area contributed by atoms with Crippen molar-refractivity contribution in [3.63, 3.8) is 0 Å². The molecule has 6 nitrogen and oxygen atoms in total. The summed E-state index contributed by atoms with van der Waals surface area (Å²) in [6, 6.07) is 5.82. The first-order valence-electron chi connectivity index (χ1n) is 6.30. The van der Waals surface area contributed by atoms with E-state index in [0.29, 0.717) is 18.3 Å². The third kappa shape index (κ3) is 3.71. The molecule has 1 aromatic heterocycles. The lowest BCUT2D eigenvalue weighted by Gasteiger charge is -2.15. The molecule has 1 heterocycles. The number of nitrogens with zero attached hydrogens (tertiary/aromatic N) is 3. The summed E-state index contributed by atoms with van der Waals surface area (Å²) in [4.78, 5) is 2.08. The molecule has 0 aliphatic heterocycles. The second kappa shape index (κ2) is 6.38. The highest BCUT2D eigenvalue weighted by Crippen LogP contribution is 2.23. The number of aryl methyl sites for hydroxylation is 1. The van der Waals surface area contributed by atoms with Crippen molar-refractivity contribution in [2.24, 2.45) is 0 Å². The van der Waals surface area contributed by atoms with E-state index in [9.17, 15) is 0 Å². The summed E-state index contributed by atoms with van der Waals surface area (Å²) < 4.78 is 15.9. The van der Waals surface area contributed by atoms with E-state index in [0.717, 1.165) is 23.6 Å². The van der Waals surface area contributed by atoms with Gasteiger partial charge in [0.15, 0.2) is 0 Å². The van der Waals surface area contributed by atoms with Crippen LogP contribution in [0.5, 0.6) is 11.5 Å². The van der Waals surface area contributed by atoms with Crippen LogP contribution in [0.3, 0.4) is 0 Å². The maximum Gasteiger partial charge on any atom is 0.230 e. The van der Waals surface area contributed by atoms with Gasteiger partial charge >= 0.3 is 0 Å². The molecule has 20 heavy (non-hydrogen) atoms. The Labute approximate surface area is 118 Å². The topological polar surface area (TPSA) is 60.6 Å². The van der Waals surface area contributed by atoms with Crippen LogP contribution < -0.4 is 9.47 Å². The Morgan fingerprint density at radius 1 is 1.05 bits per heavy atom. The molecule has 1 aromatic carbocycles. The molecule has 0 fully saturated rings. The van der Waals surface area contributed by atoms with Crippen molar-refractivity contribution in [2.75, 3.05) is 21.3 Å². The molecule has 0 saturated carbocycles. The standard InChI is InChI=1S/C14H19N3O3/c1-10-15-16-14(20-10)9-17(2)8-11-5-12(18-3)7-13(6-11)19-4/h5-7H,8-9H2,1-4H3. The summed E-state index contributed by atoms with van der Waals surface area (Å²) in [5.74, 6) is 2.75. The normalized spacial score (nSPS) is 10.8. The molecule has 0 atom stereocenters. The summed E-state index contributed by atoms with van der Waals surface area (Å²) >= 11 is 0. The molecule has 0 unspecified atom stereocenters. The molecule has 0 bridgehead atoms. The number of methoxy groups -OCH3 is 2. The van der Waals surface area contributed by atoms with E-state index < -0.39 is 0 Å². The highest BCUT2D eigenvalue weighted by atomic mass is 16.5. The fourth-order valence-corrected chi connectivity index (χ4v) is 1.96. The second-order valence-corrected chi connectivity index (χ2v) is 4.61. The van der Waals surface area contributed by atoms with Crippen molar-refractivity contribution in [3.05, 3.63) is 35.5 Å². The van der Waals surface area contributed by atoms with Crippen molar-refractivity contribution in [3.8, 4) is 11.5 Å². The Balaban J connectivity index is 2.04. The average Bonchev–Trinajstić information content (AvgIpc) is 2.83. The van der Waals surface area contributed by atoms with Gasteiger partial charge in [0.05, 0.1) is 20.8 Å². The molecule has 0 saturated heterocycles. The monoisotopic (exact) mass is 277 g/mol. The number of hydrogen-bond acceptors (Lipinski definition) is 6. The van der Waals surface area contributed by atoms with Gasteiger partial charge in [-0.1, -0.05) is 0 Å². The van der Waals surface area contributed by atoms with Crippen molar-refractivity contribution < 1.29 is 13.9 Å². The highest BCUT2D eigenvalue weighted by Gasteiger charge is 2.09. The van der Waals surface area contributed by atoms with Gasteiger partial charge in [-0.15, -0.1) is 10.2 Å². The average molecular weight is 277 g/mol. The lowest BCUT2D eigenvalue weighted by molar-refractivity contribution is 0.278. The van der Waals surface area contributed by atoms with Crippen LogP contribution in [0, 0.1) is 6.92 Å². The van der Waals surface area contributed by atoms with Crippen molar-refractivity contribution >= 4 is 0 Å². The van der Waals surface area contributed by atoms with E-state index in [-0.39, 0.29) is 0 Å². The Hall–Kier alpha value is -2.08. The predicted octanol–water partition coefficient (Wildman–Crippen LogP) is 2.03. The zero-order valence-corrected chi connectivity index (χ0v) is 12.2. The quantitative estimate of drug-likeness (QED) is 0.805. The summed E-state index contributed by atoms with van der Waals surface area (Å²) in [5, 5.41) is 7.81. The fourth-order valence-electron chi connectivity index (χ4n) is 1.96. The van der Waals surface area contributed by atoms with Gasteiger partial charge in [0.2, 0.25) is 11.8 Å². The van der Waals surface area contributed by atoms with Gasteiger partial charge in [-0.05, 0) is 24.7 Å². The summed E-state index contributed by atoms with van der Waals surface area (Å²) in [6.45, 7) is 3.11. The summed E-state index contributed by atoms with van der Waals surface area (Å²) in [6.07, 6.45) is 0. The van der Waals surface area contributed by atoms with E-state index >= 15 is 0 Å². The molecule has 0 amide bonds. The lowest BCUT2D eigenvalue weighted by Crippen LogP contribution is -2.17. The zero-order valence-electron chi connectivity index (χ0n) is 12.2. The zero-order chi connectivity index (χ0) is 14.5. The summed E-state index contributed by atoms with van der Waals surface area (Å²) in [7, 11) is 5.28. The number of rotatable bonds is 6. The molecule has 0 aliphatic rings. The smallest absolute Gasteiger partial charge is 0.230 e. The van der Waals surface area contributed by atoms with Crippen LogP contribution in [0.1, 0.15) is 17.3 Å². The number of benzene rings is 1. The third-order valence-corrected chi connectivity index (χ3v) is 2.84. The minimum absolute atomic E-state index is 0.580. The molecule has 0 radical (unpaired) electrons. The fraction of sp³-hybridized carbons (Fsp3) is 0.429. The van der Waals surface area contributed by atoms with Gasteiger partial charge in [0.1, 0.15) is 11.5 Å². The van der Waals surface area contributed by atoms with Crippen molar-refractivity contribution in [2.45, 2.75) is 20.0 Å². The van der Waals surface area contributed by atoms with Gasteiger partial charge in [-0.25, -0.2) is 0 Å². The molecule has 0 aliphatic carbocycles. The van der Waals surface area contributed by atoms with Gasteiger partial charge in [-0.2, -0.15) is 0 Å². The Bertz CT molecular complexity index is 546. The third-order valence-electron chi connectivity index (χ3n) is 2.84. The molecule has 2 rings (SSSR count). The largest absolute Gasteiger partial charge is 0.497 e. The second-order valence-electron chi connectivity index (χ2n) is 4.61. The van der Waals surface area contributed by atoms with Crippen molar-refractivity contribution in [1.29, 1.82) is 0 Å². The molecule has 6 heteroatoms. The Kier molecular flexibility index (Phi) is 4.57. The van der Waals surface area contributed by atoms with Gasteiger partial charge in [0.25, 0.3) is 0 Å². The number of hydrogen-bond donors (Lipinski definition) is 0. The molecular weight excluding hydrogens is 258 g/mol. The lowest BCUT2D eigenvalue weighted by atomic mass is 10.2. The number of aromatic nitrogens is 2. The first kappa shape index (κ1) is 14.3. The maximum atomic E-state index is 5.37. The van der Waals surface area contributed by atoms with E-state index in [4.69, 9.17) is 13.9 Å². The van der Waals surface area contributed by atoms with Gasteiger partial charge in [-0.3, -0.25) is 4.90 Å². The van der Waals surface area contributed by atoms with E-state index in [1.54, 1.807) is 21.1 Å². The molecule has 0 spiro atoms. The van der Waals surface area contributed by atoms with Crippen LogP contribution in [0.25, 0.3) is 0 Å². The highest BCUT2D eigenvalue weighted by molar-refractivity contribution is 5.38. The van der Waals surface area contributed by atoms with Crippen LogP contribution in [0.4, 0.5) is 0 Å². The Morgan fingerprint density at radius 3 is 2.20 bits per heavy atom. The van der Waals surface area contributed by atoms with Crippen LogP contribution in [0.2, 0.25) is 0 Å². The first-order valence-corrected chi connectivity index (χ1v) is 6.30. The number of ether oxygens (including phenoxy) is 2. The van der Waals surface area contributed by atoms with Crippen molar-refractivity contribution in [1.82, 2.24) is 15.1 Å². The summed E-state index contributed by atoms with van der Waals surface area (Å²) in [5.41, 5.74) is 1.10. The van der Waals surface area contributed by atoms with Crippen LogP contribution >= 0.6 is 0 Å². The van der Waals surface area contributed by atoms with Crippen LogP contribution in [-0.2, 0) is 13.1 Å².